The fraction of sp³-hybridized carbons (Fsp3) is 0.250. The van der Waals surface area contributed by atoms with Crippen molar-refractivity contribution >= 4 is 72.8 Å². The summed E-state index contributed by atoms with van der Waals surface area (Å²) in [6.45, 7) is 0. The number of hydrogen-bond acceptors (Lipinski definition) is 9. The van der Waals surface area contributed by atoms with Gasteiger partial charge in [-0.25, -0.2) is 0 Å². The zero-order valence-electron chi connectivity index (χ0n) is 21.1. The van der Waals surface area contributed by atoms with Crippen LogP contribution in [-0.4, -0.2) is 54.8 Å². The molecule has 3 rings (SSSR count). The van der Waals surface area contributed by atoms with E-state index in [1.54, 1.807) is 0 Å². The minimum atomic E-state index is -4.82. The molecule has 0 atom stereocenters. The number of benzene rings is 3. The normalized spacial score (nSPS) is 11.0. The predicted octanol–water partition coefficient (Wildman–Crippen LogP) is 5.98. The molecule has 0 N–H and O–H groups in total. The van der Waals surface area contributed by atoms with Crippen LogP contribution in [0.2, 0.25) is 4.94 Å². The SMILES string of the molecule is [CH3][Sn]([O]C(=O)CSCc1ccccc1)([O]C(=O)CSCc1ccccc1)[O]C(=O)CSCc1ccccc1. The molecule has 0 unspecified atom stereocenters. The molecule has 0 saturated heterocycles. The Morgan fingerprint density at radius 1 is 0.526 bits per heavy atom. The molecular weight excluding hydrogens is 647 g/mol. The number of rotatable bonds is 15. The van der Waals surface area contributed by atoms with Crippen LogP contribution in [0.4, 0.5) is 0 Å². The van der Waals surface area contributed by atoms with Crippen LogP contribution in [0.25, 0.3) is 0 Å². The fourth-order valence-corrected chi connectivity index (χ4v) is 10.9. The van der Waals surface area contributed by atoms with Gasteiger partial charge in [-0.1, -0.05) is 0 Å². The zero-order chi connectivity index (χ0) is 27.1. The summed E-state index contributed by atoms with van der Waals surface area (Å²) < 4.78 is 16.8. The first kappa shape index (κ1) is 30.5. The zero-order valence-corrected chi connectivity index (χ0v) is 26.4. The minimum absolute atomic E-state index is 0.0576. The summed E-state index contributed by atoms with van der Waals surface area (Å²) in [6, 6.07) is 29.3. The summed E-state index contributed by atoms with van der Waals surface area (Å²) >= 11 is -0.660. The van der Waals surface area contributed by atoms with E-state index in [2.05, 4.69) is 0 Å². The molecule has 0 aliphatic heterocycles. The van der Waals surface area contributed by atoms with E-state index in [0.717, 1.165) is 16.7 Å². The van der Waals surface area contributed by atoms with Gasteiger partial charge in [0.25, 0.3) is 0 Å². The van der Waals surface area contributed by atoms with Crippen molar-refractivity contribution in [1.29, 1.82) is 0 Å². The third kappa shape index (κ3) is 12.2. The molecule has 0 radical (unpaired) electrons. The Kier molecular flexibility index (Phi) is 13.5. The molecule has 38 heavy (non-hydrogen) atoms. The molecule has 0 saturated carbocycles. The van der Waals surface area contributed by atoms with Crippen LogP contribution in [0.1, 0.15) is 16.7 Å². The molecule has 6 nitrogen and oxygen atoms in total. The Bertz CT molecular complexity index is 1000. The third-order valence-corrected chi connectivity index (χ3v) is 12.9. The van der Waals surface area contributed by atoms with Crippen molar-refractivity contribution in [2.75, 3.05) is 17.3 Å². The van der Waals surface area contributed by atoms with Crippen molar-refractivity contribution in [3.8, 4) is 0 Å². The van der Waals surface area contributed by atoms with E-state index in [1.165, 1.54) is 40.2 Å². The molecule has 200 valence electrons. The van der Waals surface area contributed by atoms with Gasteiger partial charge < -0.3 is 0 Å². The molecule has 3 aromatic rings. The molecule has 0 amide bonds. The average molecular weight is 677 g/mol. The first-order valence-electron chi connectivity index (χ1n) is 11.9. The number of thioether (sulfide) groups is 3. The summed E-state index contributed by atoms with van der Waals surface area (Å²) in [6.07, 6.45) is 0. The second kappa shape index (κ2) is 16.8. The van der Waals surface area contributed by atoms with Crippen molar-refractivity contribution in [2.45, 2.75) is 22.2 Å². The monoisotopic (exact) mass is 678 g/mol. The van der Waals surface area contributed by atoms with Crippen LogP contribution < -0.4 is 0 Å². The third-order valence-electron chi connectivity index (χ3n) is 4.89. The van der Waals surface area contributed by atoms with Crippen molar-refractivity contribution < 1.29 is 23.6 Å². The van der Waals surface area contributed by atoms with Crippen molar-refractivity contribution in [1.82, 2.24) is 0 Å². The van der Waals surface area contributed by atoms with E-state index < -0.39 is 37.5 Å². The standard InChI is InChI=1S/3C9H10O2S.CH3.Sn/c3*10-9(11)7-12-6-8-4-2-1-3-5-8;;/h3*1-5H,6-7H2,(H,10,11);1H3;/q;;;;+3/p-3. The quantitative estimate of drug-likeness (QED) is 0.181. The van der Waals surface area contributed by atoms with Gasteiger partial charge in [0.05, 0.1) is 0 Å². The van der Waals surface area contributed by atoms with Gasteiger partial charge in [0, 0.05) is 0 Å². The maximum absolute atomic E-state index is 12.6. The van der Waals surface area contributed by atoms with Crippen LogP contribution in [0, 0.1) is 0 Å². The van der Waals surface area contributed by atoms with Gasteiger partial charge in [-0.2, -0.15) is 0 Å². The van der Waals surface area contributed by atoms with Gasteiger partial charge in [0.2, 0.25) is 0 Å². The maximum atomic E-state index is 12.6. The topological polar surface area (TPSA) is 78.9 Å². The first-order valence-corrected chi connectivity index (χ1v) is 21.7. The molecule has 0 fully saturated rings. The number of carbonyl (C=O) groups is 3. The number of carbonyl (C=O) groups excluding carboxylic acids is 3. The molecule has 3 aromatic carbocycles. The Labute approximate surface area is 242 Å². The van der Waals surface area contributed by atoms with Crippen molar-refractivity contribution in [3.05, 3.63) is 108 Å². The second-order valence-corrected chi connectivity index (χ2v) is 17.8. The van der Waals surface area contributed by atoms with E-state index in [0.29, 0.717) is 17.3 Å². The van der Waals surface area contributed by atoms with E-state index >= 15 is 0 Å². The Balaban J connectivity index is 1.52. The molecule has 0 aliphatic rings. The summed E-state index contributed by atoms with van der Waals surface area (Å²) in [7, 11) is 0. The molecule has 0 aromatic heterocycles. The van der Waals surface area contributed by atoms with Crippen LogP contribution in [0.15, 0.2) is 91.0 Å². The molecule has 0 bridgehead atoms. The first-order chi connectivity index (χ1) is 18.4. The van der Waals surface area contributed by atoms with Gasteiger partial charge in [-0.15, -0.1) is 0 Å². The molecule has 0 spiro atoms. The van der Waals surface area contributed by atoms with Gasteiger partial charge >= 0.3 is 244 Å². The summed E-state index contributed by atoms with van der Waals surface area (Å²) in [5.41, 5.74) is 3.25. The Morgan fingerprint density at radius 3 is 1.05 bits per heavy atom. The Morgan fingerprint density at radius 2 is 0.789 bits per heavy atom. The second-order valence-electron chi connectivity index (χ2n) is 8.22. The molecule has 0 aliphatic carbocycles. The van der Waals surface area contributed by atoms with Crippen LogP contribution in [0.5, 0.6) is 0 Å². The molecular formula is C28H30O6S3Sn. The van der Waals surface area contributed by atoms with Gasteiger partial charge in [-0.3, -0.25) is 0 Å². The predicted molar refractivity (Wildman–Crippen MR) is 158 cm³/mol. The van der Waals surface area contributed by atoms with E-state index in [1.807, 2.05) is 91.0 Å². The van der Waals surface area contributed by atoms with Crippen molar-refractivity contribution in [3.63, 3.8) is 0 Å². The van der Waals surface area contributed by atoms with Crippen LogP contribution in [0.3, 0.4) is 0 Å². The van der Waals surface area contributed by atoms with Crippen molar-refractivity contribution in [2.24, 2.45) is 0 Å². The summed E-state index contributed by atoms with van der Waals surface area (Å²) in [4.78, 5) is 39.4. The molecule has 0 heterocycles. The molecule has 10 heteroatoms. The summed E-state index contributed by atoms with van der Waals surface area (Å²) in [5, 5.41) is 0. The Hall–Kier alpha value is -2.08. The van der Waals surface area contributed by atoms with E-state index in [4.69, 9.17) is 9.22 Å². The van der Waals surface area contributed by atoms with Crippen LogP contribution in [-0.2, 0) is 40.9 Å². The number of hydrogen-bond donors (Lipinski definition) is 0. The van der Waals surface area contributed by atoms with Crippen LogP contribution >= 0.6 is 35.3 Å². The van der Waals surface area contributed by atoms with Gasteiger partial charge in [0.1, 0.15) is 0 Å². The van der Waals surface area contributed by atoms with Gasteiger partial charge in [-0.05, 0) is 0 Å². The average Bonchev–Trinajstić information content (AvgIpc) is 2.90. The van der Waals surface area contributed by atoms with E-state index in [-0.39, 0.29) is 17.3 Å². The van der Waals surface area contributed by atoms with Gasteiger partial charge in [0.15, 0.2) is 0 Å². The van der Waals surface area contributed by atoms with E-state index in [9.17, 15) is 14.4 Å². The fourth-order valence-electron chi connectivity index (χ4n) is 3.25. The summed E-state index contributed by atoms with van der Waals surface area (Å²) in [5.74, 6) is 0.401.